The second-order valence-corrected chi connectivity index (χ2v) is 4.97. The van der Waals surface area contributed by atoms with E-state index in [-0.39, 0.29) is 6.10 Å². The topological polar surface area (TPSA) is 34.4 Å². The Hall–Kier alpha value is -1.61. The molecule has 18 heavy (non-hydrogen) atoms. The van der Waals surface area contributed by atoms with E-state index in [0.717, 1.165) is 33.5 Å². The summed E-state index contributed by atoms with van der Waals surface area (Å²) in [6.07, 6.45) is -0.0916. The molecule has 3 rings (SSSR count). The van der Waals surface area contributed by atoms with Gasteiger partial charge in [0.05, 0.1) is 12.2 Å². The molecule has 94 valence electrons. The molecule has 1 N–H and O–H groups in total. The van der Waals surface area contributed by atoms with E-state index in [1.54, 1.807) is 0 Å². The normalized spacial score (nSPS) is 17.8. The number of anilines is 1. The van der Waals surface area contributed by atoms with E-state index in [9.17, 15) is 0 Å². The van der Waals surface area contributed by atoms with Crippen molar-refractivity contribution < 1.29 is 9.15 Å². The molecule has 0 bridgehead atoms. The van der Waals surface area contributed by atoms with Crippen molar-refractivity contribution in [3.63, 3.8) is 0 Å². The summed E-state index contributed by atoms with van der Waals surface area (Å²) in [4.78, 5) is 0. The molecule has 1 aliphatic rings. The lowest BCUT2D eigenvalue weighted by molar-refractivity contribution is 0.178. The van der Waals surface area contributed by atoms with E-state index in [1.165, 1.54) is 0 Å². The first-order valence-corrected chi connectivity index (χ1v) is 6.28. The fraction of sp³-hybridized carbons (Fsp3) is 0.286. The molecule has 4 heteroatoms. The van der Waals surface area contributed by atoms with Gasteiger partial charge in [0.1, 0.15) is 17.3 Å². The highest BCUT2D eigenvalue weighted by Crippen LogP contribution is 2.39. The smallest absolute Gasteiger partial charge is 0.173 e. The first-order chi connectivity index (χ1) is 8.63. The maximum atomic E-state index is 6.02. The minimum Gasteiger partial charge on any atom is -0.478 e. The van der Waals surface area contributed by atoms with Gasteiger partial charge >= 0.3 is 0 Å². The summed E-state index contributed by atoms with van der Waals surface area (Å²) in [6.45, 7) is 4.60. The Labute approximate surface area is 111 Å². The van der Waals surface area contributed by atoms with Gasteiger partial charge in [0, 0.05) is 5.02 Å². The fourth-order valence-corrected chi connectivity index (χ4v) is 2.46. The number of aryl methyl sites for hydroxylation is 2. The summed E-state index contributed by atoms with van der Waals surface area (Å²) in [5.41, 5.74) is 1.97. The molecule has 1 aromatic carbocycles. The summed E-state index contributed by atoms with van der Waals surface area (Å²) in [5, 5.41) is 4.05. The lowest BCUT2D eigenvalue weighted by atomic mass is 10.1. The molecule has 0 aliphatic carbocycles. The molecule has 2 heterocycles. The summed E-state index contributed by atoms with van der Waals surface area (Å²) in [5.74, 6) is 2.59. The molecule has 3 nitrogen and oxygen atoms in total. The molecule has 0 spiro atoms. The standard InChI is InChI=1S/C14H14ClNO2/c1-8-5-10(15)6-11-14(8)18-13(7-16-11)12-4-3-9(2)17-12/h3-6,13,16H,7H2,1-2H3. The average molecular weight is 264 g/mol. The monoisotopic (exact) mass is 263 g/mol. The quantitative estimate of drug-likeness (QED) is 0.841. The van der Waals surface area contributed by atoms with Crippen LogP contribution in [0.2, 0.25) is 5.02 Å². The maximum Gasteiger partial charge on any atom is 0.173 e. The number of halogens is 1. The van der Waals surface area contributed by atoms with Crippen molar-refractivity contribution in [2.75, 3.05) is 11.9 Å². The van der Waals surface area contributed by atoms with Gasteiger partial charge in [0.15, 0.2) is 6.10 Å². The molecular formula is C14H14ClNO2. The summed E-state index contributed by atoms with van der Waals surface area (Å²) >= 11 is 6.02. The third-order valence-corrected chi connectivity index (χ3v) is 3.27. The van der Waals surface area contributed by atoms with Gasteiger partial charge in [0.2, 0.25) is 0 Å². The molecule has 0 saturated carbocycles. The Bertz CT molecular complexity index is 591. The number of benzene rings is 1. The van der Waals surface area contributed by atoms with Gasteiger partial charge < -0.3 is 14.5 Å². The van der Waals surface area contributed by atoms with Crippen LogP contribution in [-0.2, 0) is 0 Å². The molecule has 0 radical (unpaired) electrons. The molecule has 1 aromatic heterocycles. The Morgan fingerprint density at radius 1 is 1.28 bits per heavy atom. The number of furan rings is 1. The number of ether oxygens (including phenoxy) is 1. The van der Waals surface area contributed by atoms with Crippen LogP contribution in [0.3, 0.4) is 0 Å². The van der Waals surface area contributed by atoms with E-state index < -0.39 is 0 Å². The number of nitrogens with one attached hydrogen (secondary N) is 1. The fourth-order valence-electron chi connectivity index (χ4n) is 2.19. The number of hydrogen-bond donors (Lipinski definition) is 1. The third-order valence-electron chi connectivity index (χ3n) is 3.06. The summed E-state index contributed by atoms with van der Waals surface area (Å²) in [6, 6.07) is 7.69. The first-order valence-electron chi connectivity index (χ1n) is 5.90. The summed E-state index contributed by atoms with van der Waals surface area (Å²) < 4.78 is 11.6. The Morgan fingerprint density at radius 2 is 2.11 bits per heavy atom. The van der Waals surface area contributed by atoms with Crippen LogP contribution in [0, 0.1) is 13.8 Å². The van der Waals surface area contributed by atoms with Crippen LogP contribution in [-0.4, -0.2) is 6.54 Å². The minimum atomic E-state index is -0.0916. The van der Waals surface area contributed by atoms with E-state index in [4.69, 9.17) is 20.8 Å². The van der Waals surface area contributed by atoms with Crippen molar-refractivity contribution in [3.05, 3.63) is 46.4 Å². The number of rotatable bonds is 1. The molecule has 0 saturated heterocycles. The molecule has 2 aromatic rings. The zero-order valence-corrected chi connectivity index (χ0v) is 11.0. The Kier molecular flexibility index (Phi) is 2.71. The Morgan fingerprint density at radius 3 is 2.83 bits per heavy atom. The van der Waals surface area contributed by atoms with Crippen LogP contribution < -0.4 is 10.1 Å². The SMILES string of the molecule is Cc1ccc(C2CNc3cc(Cl)cc(C)c3O2)o1. The van der Waals surface area contributed by atoms with Gasteiger partial charge in [-0.05, 0) is 43.7 Å². The highest BCUT2D eigenvalue weighted by atomic mass is 35.5. The number of hydrogen-bond acceptors (Lipinski definition) is 3. The first kappa shape index (κ1) is 11.5. The lowest BCUT2D eigenvalue weighted by Gasteiger charge is -2.27. The second-order valence-electron chi connectivity index (χ2n) is 4.54. The van der Waals surface area contributed by atoms with E-state index in [2.05, 4.69) is 5.32 Å². The Balaban J connectivity index is 1.93. The maximum absolute atomic E-state index is 6.02. The van der Waals surface area contributed by atoms with Gasteiger partial charge in [-0.3, -0.25) is 0 Å². The van der Waals surface area contributed by atoms with Crippen LogP contribution in [0.15, 0.2) is 28.7 Å². The van der Waals surface area contributed by atoms with Crippen molar-refractivity contribution in [1.29, 1.82) is 0 Å². The molecule has 1 aliphatic heterocycles. The van der Waals surface area contributed by atoms with Crippen LogP contribution in [0.25, 0.3) is 0 Å². The van der Waals surface area contributed by atoms with Gasteiger partial charge in [0.25, 0.3) is 0 Å². The van der Waals surface area contributed by atoms with Crippen molar-refractivity contribution in [3.8, 4) is 5.75 Å². The zero-order valence-electron chi connectivity index (χ0n) is 10.3. The van der Waals surface area contributed by atoms with Crippen molar-refractivity contribution in [2.24, 2.45) is 0 Å². The predicted molar refractivity (Wildman–Crippen MR) is 71.5 cm³/mol. The van der Waals surface area contributed by atoms with Gasteiger partial charge in [-0.1, -0.05) is 11.6 Å². The lowest BCUT2D eigenvalue weighted by Crippen LogP contribution is -2.23. The van der Waals surface area contributed by atoms with Crippen LogP contribution in [0.5, 0.6) is 5.75 Å². The van der Waals surface area contributed by atoms with Crippen molar-refractivity contribution >= 4 is 17.3 Å². The largest absolute Gasteiger partial charge is 0.478 e. The second kappa shape index (κ2) is 4.25. The average Bonchev–Trinajstić information content (AvgIpc) is 2.75. The van der Waals surface area contributed by atoms with Crippen molar-refractivity contribution in [1.82, 2.24) is 0 Å². The minimum absolute atomic E-state index is 0.0916. The molecule has 1 unspecified atom stereocenters. The highest BCUT2D eigenvalue weighted by Gasteiger charge is 2.24. The molecule has 0 fully saturated rings. The number of fused-ring (bicyclic) bond motifs is 1. The van der Waals surface area contributed by atoms with Gasteiger partial charge in [-0.15, -0.1) is 0 Å². The van der Waals surface area contributed by atoms with Crippen LogP contribution >= 0.6 is 11.6 Å². The van der Waals surface area contributed by atoms with Crippen molar-refractivity contribution in [2.45, 2.75) is 20.0 Å². The van der Waals surface area contributed by atoms with Crippen LogP contribution in [0.4, 0.5) is 5.69 Å². The summed E-state index contributed by atoms with van der Waals surface area (Å²) in [7, 11) is 0. The van der Waals surface area contributed by atoms with E-state index >= 15 is 0 Å². The molecule has 0 amide bonds. The zero-order chi connectivity index (χ0) is 12.7. The molecule has 1 atom stereocenters. The molecular weight excluding hydrogens is 250 g/mol. The van der Waals surface area contributed by atoms with Gasteiger partial charge in [-0.25, -0.2) is 0 Å². The predicted octanol–water partition coefficient (Wildman–Crippen LogP) is 4.10. The van der Waals surface area contributed by atoms with E-state index in [0.29, 0.717) is 6.54 Å². The highest BCUT2D eigenvalue weighted by molar-refractivity contribution is 6.31. The third kappa shape index (κ3) is 1.95. The van der Waals surface area contributed by atoms with Gasteiger partial charge in [-0.2, -0.15) is 0 Å². The van der Waals surface area contributed by atoms with Crippen LogP contribution in [0.1, 0.15) is 23.2 Å². The van der Waals surface area contributed by atoms with E-state index in [1.807, 2.05) is 38.1 Å².